The molecular formula is C29H22Cl2F7N3O4. The molecule has 0 aromatic heterocycles. The SMILES string of the molecule is CC(C)(C)OC(=O)Nc1c(F)ccc(NC(=O)c2cc(NC(=O)C3C(c4cc(Cl)cc(C(F)(F)F)c4)C3(F)F)ccc2Cl)c1F. The summed E-state index contributed by atoms with van der Waals surface area (Å²) in [7, 11) is 0. The van der Waals surface area contributed by atoms with Crippen molar-refractivity contribution in [1.82, 2.24) is 0 Å². The van der Waals surface area contributed by atoms with Crippen LogP contribution >= 0.6 is 23.2 Å². The minimum absolute atomic E-state index is 0.204. The van der Waals surface area contributed by atoms with E-state index in [1.165, 1.54) is 20.8 Å². The lowest BCUT2D eigenvalue weighted by atomic mass is 10.0. The Labute approximate surface area is 261 Å². The van der Waals surface area contributed by atoms with Gasteiger partial charge in [-0.15, -0.1) is 0 Å². The third kappa shape index (κ3) is 7.61. The van der Waals surface area contributed by atoms with Gasteiger partial charge in [0.15, 0.2) is 5.82 Å². The molecule has 0 radical (unpaired) electrons. The standard InChI is InChI=1S/C29H22Cl2F7N3O4/c1-27(2,3)45-26(44)41-23-18(32)6-7-19(22(23)33)40-24(42)16-11-15(4-5-17(16)31)39-25(43)21-20(28(21,34)35)12-8-13(29(36,37)38)10-14(30)9-12/h4-11,20-21H,1-3H3,(H,39,43)(H,40,42)(H,41,44). The molecule has 2 atom stereocenters. The number of rotatable bonds is 6. The highest BCUT2D eigenvalue weighted by Gasteiger charge is 2.72. The number of amides is 3. The second-order valence-electron chi connectivity index (χ2n) is 10.9. The number of nitrogens with one attached hydrogen (secondary N) is 3. The van der Waals surface area contributed by atoms with Crippen LogP contribution in [0.1, 0.15) is 48.2 Å². The van der Waals surface area contributed by atoms with E-state index < -0.39 is 86.6 Å². The van der Waals surface area contributed by atoms with Gasteiger partial charge >= 0.3 is 12.3 Å². The van der Waals surface area contributed by atoms with Crippen molar-refractivity contribution in [3.05, 3.63) is 86.9 Å². The summed E-state index contributed by atoms with van der Waals surface area (Å²) >= 11 is 11.8. The van der Waals surface area contributed by atoms with Gasteiger partial charge in [0, 0.05) is 10.7 Å². The first-order chi connectivity index (χ1) is 20.7. The minimum atomic E-state index is -4.87. The Bertz CT molecular complexity index is 1690. The second kappa shape index (κ2) is 12.0. The molecule has 3 aromatic rings. The molecule has 3 amide bonds. The number of carbonyl (C=O) groups is 3. The van der Waals surface area contributed by atoms with Crippen molar-refractivity contribution < 1.29 is 49.9 Å². The zero-order valence-corrected chi connectivity index (χ0v) is 24.8. The van der Waals surface area contributed by atoms with Crippen LogP contribution in [0.3, 0.4) is 0 Å². The molecule has 0 heterocycles. The molecule has 45 heavy (non-hydrogen) atoms. The van der Waals surface area contributed by atoms with E-state index in [-0.39, 0.29) is 16.3 Å². The largest absolute Gasteiger partial charge is 0.444 e. The first kappa shape index (κ1) is 33.8. The van der Waals surface area contributed by atoms with Crippen LogP contribution in [0.25, 0.3) is 0 Å². The molecule has 3 N–H and O–H groups in total. The van der Waals surface area contributed by atoms with Crippen LogP contribution in [0, 0.1) is 17.6 Å². The van der Waals surface area contributed by atoms with Crippen LogP contribution in [0.5, 0.6) is 0 Å². The Morgan fingerprint density at radius 3 is 2.18 bits per heavy atom. The Balaban J connectivity index is 1.52. The molecule has 0 saturated heterocycles. The number of halogens is 9. The highest BCUT2D eigenvalue weighted by Crippen LogP contribution is 2.62. The molecule has 240 valence electrons. The van der Waals surface area contributed by atoms with E-state index in [9.17, 15) is 40.7 Å². The maximum Gasteiger partial charge on any atom is 0.416 e. The summed E-state index contributed by atoms with van der Waals surface area (Å²) in [5, 5.41) is 5.58. The third-order valence-electron chi connectivity index (χ3n) is 6.39. The molecule has 0 spiro atoms. The van der Waals surface area contributed by atoms with Gasteiger partial charge in [-0.2, -0.15) is 13.2 Å². The smallest absolute Gasteiger partial charge is 0.416 e. The van der Waals surface area contributed by atoms with Crippen LogP contribution in [-0.4, -0.2) is 29.4 Å². The lowest BCUT2D eigenvalue weighted by Crippen LogP contribution is -2.28. The monoisotopic (exact) mass is 679 g/mol. The zero-order chi connectivity index (χ0) is 33.6. The number of anilines is 3. The number of carbonyl (C=O) groups excluding carboxylic acids is 3. The fourth-order valence-corrected chi connectivity index (χ4v) is 4.83. The molecule has 1 saturated carbocycles. The average molecular weight is 680 g/mol. The van der Waals surface area contributed by atoms with E-state index in [0.29, 0.717) is 12.1 Å². The van der Waals surface area contributed by atoms with E-state index in [4.69, 9.17) is 27.9 Å². The lowest BCUT2D eigenvalue weighted by Gasteiger charge is -2.20. The maximum absolute atomic E-state index is 15.1. The Kier molecular flexibility index (Phi) is 9.06. The van der Waals surface area contributed by atoms with Gasteiger partial charge in [-0.3, -0.25) is 14.9 Å². The average Bonchev–Trinajstić information content (AvgIpc) is 3.49. The summed E-state index contributed by atoms with van der Waals surface area (Å²) in [6.07, 6.45) is -6.04. The summed E-state index contributed by atoms with van der Waals surface area (Å²) in [5.74, 6) is -12.6. The normalized spacial score (nSPS) is 17.3. The first-order valence-electron chi connectivity index (χ1n) is 12.8. The van der Waals surface area contributed by atoms with Crippen molar-refractivity contribution >= 4 is 58.2 Å². The lowest BCUT2D eigenvalue weighted by molar-refractivity contribution is -0.137. The second-order valence-corrected chi connectivity index (χ2v) is 11.8. The highest BCUT2D eigenvalue weighted by molar-refractivity contribution is 6.34. The summed E-state index contributed by atoms with van der Waals surface area (Å²) in [6, 6.07) is 6.85. The maximum atomic E-state index is 15.1. The van der Waals surface area contributed by atoms with Gasteiger partial charge in [0.05, 0.1) is 27.8 Å². The van der Waals surface area contributed by atoms with Gasteiger partial charge in [-0.05, 0) is 74.9 Å². The van der Waals surface area contributed by atoms with E-state index in [1.807, 2.05) is 5.32 Å². The van der Waals surface area contributed by atoms with Gasteiger partial charge < -0.3 is 15.4 Å². The highest BCUT2D eigenvalue weighted by atomic mass is 35.5. The molecule has 0 aliphatic heterocycles. The summed E-state index contributed by atoms with van der Waals surface area (Å²) in [6.45, 7) is 4.57. The predicted molar refractivity (Wildman–Crippen MR) is 152 cm³/mol. The van der Waals surface area contributed by atoms with Crippen molar-refractivity contribution in [2.45, 2.75) is 44.4 Å². The van der Waals surface area contributed by atoms with Gasteiger partial charge in [-0.25, -0.2) is 22.4 Å². The van der Waals surface area contributed by atoms with Crippen molar-refractivity contribution in [1.29, 1.82) is 0 Å². The van der Waals surface area contributed by atoms with E-state index in [1.54, 1.807) is 0 Å². The van der Waals surface area contributed by atoms with Crippen LogP contribution in [0.15, 0.2) is 48.5 Å². The van der Waals surface area contributed by atoms with Crippen LogP contribution < -0.4 is 16.0 Å². The summed E-state index contributed by atoms with van der Waals surface area (Å²) < 4.78 is 103. The van der Waals surface area contributed by atoms with Crippen LogP contribution in [-0.2, 0) is 15.7 Å². The minimum Gasteiger partial charge on any atom is -0.444 e. The number of ether oxygens (including phenoxy) is 1. The Hall–Kier alpha value is -4.04. The Morgan fingerprint density at radius 2 is 1.56 bits per heavy atom. The molecule has 1 aliphatic rings. The fraction of sp³-hybridized carbons (Fsp3) is 0.276. The number of benzene rings is 3. The van der Waals surface area contributed by atoms with Gasteiger partial charge in [0.1, 0.15) is 23.0 Å². The predicted octanol–water partition coefficient (Wildman–Crippen LogP) is 8.88. The van der Waals surface area contributed by atoms with Crippen molar-refractivity contribution in [2.24, 2.45) is 5.92 Å². The van der Waals surface area contributed by atoms with E-state index in [0.717, 1.165) is 36.4 Å². The molecule has 1 aliphatic carbocycles. The fourth-order valence-electron chi connectivity index (χ4n) is 4.38. The first-order valence-corrected chi connectivity index (χ1v) is 13.6. The summed E-state index contributed by atoms with van der Waals surface area (Å²) in [5.41, 5.74) is -4.81. The Morgan fingerprint density at radius 1 is 0.889 bits per heavy atom. The van der Waals surface area contributed by atoms with Gasteiger partial charge in [-0.1, -0.05) is 23.2 Å². The zero-order valence-electron chi connectivity index (χ0n) is 23.3. The van der Waals surface area contributed by atoms with Crippen molar-refractivity contribution in [2.75, 3.05) is 16.0 Å². The van der Waals surface area contributed by atoms with Crippen LogP contribution in [0.4, 0.5) is 52.6 Å². The number of alkyl halides is 5. The van der Waals surface area contributed by atoms with Crippen LogP contribution in [0.2, 0.25) is 10.0 Å². The molecular weight excluding hydrogens is 658 g/mol. The molecule has 4 rings (SSSR count). The van der Waals surface area contributed by atoms with E-state index >= 15 is 4.39 Å². The molecule has 1 fully saturated rings. The number of hydrogen-bond donors (Lipinski definition) is 3. The molecule has 3 aromatic carbocycles. The summed E-state index contributed by atoms with van der Waals surface area (Å²) in [4.78, 5) is 37.8. The van der Waals surface area contributed by atoms with E-state index in [2.05, 4.69) is 10.6 Å². The van der Waals surface area contributed by atoms with Gasteiger partial charge in [0.2, 0.25) is 5.91 Å². The quantitative estimate of drug-likeness (QED) is 0.227. The molecule has 0 bridgehead atoms. The molecule has 2 unspecified atom stereocenters. The molecule has 7 nitrogen and oxygen atoms in total. The van der Waals surface area contributed by atoms with Crippen molar-refractivity contribution in [3.63, 3.8) is 0 Å². The van der Waals surface area contributed by atoms with Crippen molar-refractivity contribution in [3.8, 4) is 0 Å². The molecule has 16 heteroatoms. The topological polar surface area (TPSA) is 96.5 Å². The van der Waals surface area contributed by atoms with Gasteiger partial charge in [0.25, 0.3) is 11.8 Å². The number of hydrogen-bond acceptors (Lipinski definition) is 4. The third-order valence-corrected chi connectivity index (χ3v) is 6.93.